The predicted molar refractivity (Wildman–Crippen MR) is 98.1 cm³/mol. The Labute approximate surface area is 163 Å². The molecular weight excluding hydrogens is 388 g/mol. The molecule has 0 radical (unpaired) electrons. The smallest absolute Gasteiger partial charge is 0.327 e. The molecule has 3 rings (SSSR count). The first-order valence-electron chi connectivity index (χ1n) is 8.71. The van der Waals surface area contributed by atoms with Gasteiger partial charge in [-0.2, -0.15) is 4.31 Å². The van der Waals surface area contributed by atoms with Crippen molar-refractivity contribution in [2.45, 2.75) is 4.90 Å². The van der Waals surface area contributed by atoms with E-state index in [0.29, 0.717) is 5.75 Å². The number of nitrogens with zero attached hydrogens (tertiary/aromatic N) is 4. The van der Waals surface area contributed by atoms with Crippen LogP contribution in [-0.2, 0) is 19.6 Å². The molecule has 10 nitrogen and oxygen atoms in total. The molecule has 0 N–H and O–H groups in total. The molecular formula is C17H22N4O6S. The van der Waals surface area contributed by atoms with Crippen molar-refractivity contribution in [3.63, 3.8) is 0 Å². The zero-order valence-corrected chi connectivity index (χ0v) is 16.5. The molecule has 0 spiro atoms. The van der Waals surface area contributed by atoms with Crippen LogP contribution in [-0.4, -0.2) is 98.7 Å². The molecule has 2 saturated heterocycles. The highest BCUT2D eigenvalue weighted by Gasteiger charge is 2.37. The molecule has 0 atom stereocenters. The third-order valence-electron chi connectivity index (χ3n) is 4.81. The van der Waals surface area contributed by atoms with Gasteiger partial charge in [-0.05, 0) is 24.3 Å². The zero-order valence-electron chi connectivity index (χ0n) is 15.7. The lowest BCUT2D eigenvalue weighted by molar-refractivity contribution is -0.137. The average molecular weight is 410 g/mol. The molecule has 11 heteroatoms. The molecule has 2 fully saturated rings. The Balaban J connectivity index is 1.59. The summed E-state index contributed by atoms with van der Waals surface area (Å²) in [6, 6.07) is 5.61. The molecule has 2 aliphatic rings. The number of hydrogen-bond donors (Lipinski definition) is 0. The van der Waals surface area contributed by atoms with Gasteiger partial charge in [-0.15, -0.1) is 0 Å². The van der Waals surface area contributed by atoms with E-state index in [9.17, 15) is 22.8 Å². The van der Waals surface area contributed by atoms with Crippen LogP contribution in [0.15, 0.2) is 29.2 Å². The van der Waals surface area contributed by atoms with Gasteiger partial charge in [-0.1, -0.05) is 0 Å². The van der Waals surface area contributed by atoms with Crippen LogP contribution in [0.3, 0.4) is 0 Å². The van der Waals surface area contributed by atoms with Crippen molar-refractivity contribution in [2.24, 2.45) is 0 Å². The fraction of sp³-hybridized carbons (Fsp3) is 0.471. The zero-order chi connectivity index (χ0) is 20.5. The van der Waals surface area contributed by atoms with Crippen molar-refractivity contribution in [3.05, 3.63) is 24.3 Å². The van der Waals surface area contributed by atoms with Crippen molar-refractivity contribution in [2.75, 3.05) is 53.4 Å². The summed E-state index contributed by atoms with van der Waals surface area (Å²) < 4.78 is 31.8. The van der Waals surface area contributed by atoms with Crippen molar-refractivity contribution < 1.29 is 27.5 Å². The van der Waals surface area contributed by atoms with Crippen LogP contribution in [0.25, 0.3) is 0 Å². The van der Waals surface area contributed by atoms with Gasteiger partial charge in [0.25, 0.3) is 5.91 Å². The quantitative estimate of drug-likeness (QED) is 0.601. The van der Waals surface area contributed by atoms with Crippen LogP contribution in [0.4, 0.5) is 4.79 Å². The Bertz CT molecular complexity index is 877. The highest BCUT2D eigenvalue weighted by atomic mass is 32.2. The molecule has 2 heterocycles. The fourth-order valence-corrected chi connectivity index (χ4v) is 4.56. The second-order valence-corrected chi connectivity index (χ2v) is 8.52. The van der Waals surface area contributed by atoms with Crippen LogP contribution in [0.1, 0.15) is 0 Å². The van der Waals surface area contributed by atoms with Crippen LogP contribution in [0, 0.1) is 0 Å². The van der Waals surface area contributed by atoms with E-state index in [1.54, 1.807) is 12.1 Å². The molecule has 28 heavy (non-hydrogen) atoms. The van der Waals surface area contributed by atoms with Gasteiger partial charge in [0.1, 0.15) is 18.8 Å². The topological polar surface area (TPSA) is 108 Å². The molecule has 0 aromatic heterocycles. The van der Waals surface area contributed by atoms with Gasteiger partial charge in [0.05, 0.1) is 12.0 Å². The molecule has 0 saturated carbocycles. The molecule has 152 valence electrons. The molecule has 2 aliphatic heterocycles. The Kier molecular flexibility index (Phi) is 5.57. The molecule has 1 aromatic rings. The second kappa shape index (κ2) is 7.76. The first-order valence-corrected chi connectivity index (χ1v) is 10.2. The van der Waals surface area contributed by atoms with E-state index in [2.05, 4.69) is 0 Å². The van der Waals surface area contributed by atoms with Crippen molar-refractivity contribution in [1.82, 2.24) is 19.0 Å². The maximum absolute atomic E-state index is 12.7. The number of ether oxygens (including phenoxy) is 1. The first kappa shape index (κ1) is 20.1. The summed E-state index contributed by atoms with van der Waals surface area (Å²) in [4.78, 5) is 39.9. The van der Waals surface area contributed by atoms with Gasteiger partial charge in [0.15, 0.2) is 0 Å². The lowest BCUT2D eigenvalue weighted by atomic mass is 10.3. The number of benzene rings is 1. The van der Waals surface area contributed by atoms with Crippen molar-refractivity contribution in [3.8, 4) is 5.75 Å². The highest BCUT2D eigenvalue weighted by molar-refractivity contribution is 7.89. The van der Waals surface area contributed by atoms with Crippen molar-refractivity contribution >= 4 is 27.9 Å². The van der Waals surface area contributed by atoms with Gasteiger partial charge < -0.3 is 14.5 Å². The average Bonchev–Trinajstić information content (AvgIpc) is 2.94. The maximum Gasteiger partial charge on any atom is 0.327 e. The number of hydrogen-bond acceptors (Lipinski definition) is 6. The number of urea groups is 1. The van der Waals surface area contributed by atoms with Crippen LogP contribution >= 0.6 is 0 Å². The number of amides is 4. The number of piperazine rings is 1. The molecule has 4 amide bonds. The van der Waals surface area contributed by atoms with Gasteiger partial charge >= 0.3 is 6.03 Å². The number of imide groups is 1. The summed E-state index contributed by atoms with van der Waals surface area (Å²) >= 11 is 0. The van der Waals surface area contributed by atoms with E-state index in [-0.39, 0.29) is 50.1 Å². The summed E-state index contributed by atoms with van der Waals surface area (Å²) in [6.45, 7) is 0.303. The van der Waals surface area contributed by atoms with Crippen LogP contribution in [0.5, 0.6) is 5.75 Å². The van der Waals surface area contributed by atoms with E-state index < -0.39 is 22.0 Å². The largest absolute Gasteiger partial charge is 0.497 e. The predicted octanol–water partition coefficient (Wildman–Crippen LogP) is -0.578. The summed E-state index contributed by atoms with van der Waals surface area (Å²) in [5.41, 5.74) is 0. The van der Waals surface area contributed by atoms with E-state index in [4.69, 9.17) is 4.74 Å². The van der Waals surface area contributed by atoms with E-state index in [1.807, 2.05) is 0 Å². The lowest BCUT2D eigenvalue weighted by Crippen LogP contribution is -2.53. The number of rotatable bonds is 5. The van der Waals surface area contributed by atoms with Crippen LogP contribution < -0.4 is 4.74 Å². The monoisotopic (exact) mass is 410 g/mol. The lowest BCUT2D eigenvalue weighted by Gasteiger charge is -2.34. The minimum absolute atomic E-state index is 0.0417. The standard InChI is InChI=1S/C17H22N4O6S/c1-18-11-16(23)21(17(18)24)12-15(22)19-7-9-20(10-8-19)28(25,26)14-5-3-13(27-2)4-6-14/h3-6H,7-12H2,1-2H3. The van der Waals surface area contributed by atoms with Crippen molar-refractivity contribution in [1.29, 1.82) is 0 Å². The number of carbonyl (C=O) groups is 3. The fourth-order valence-electron chi connectivity index (χ4n) is 3.13. The number of likely N-dealkylation sites (N-methyl/N-ethyl adjacent to an activating group) is 1. The van der Waals surface area contributed by atoms with Gasteiger partial charge in [0, 0.05) is 33.2 Å². The minimum atomic E-state index is -3.67. The maximum atomic E-state index is 12.7. The molecule has 0 unspecified atom stereocenters. The van der Waals surface area contributed by atoms with Gasteiger partial charge in [0.2, 0.25) is 15.9 Å². The number of methoxy groups -OCH3 is 1. The summed E-state index contributed by atoms with van der Waals surface area (Å²) in [6.07, 6.45) is 0. The van der Waals surface area contributed by atoms with E-state index in [0.717, 1.165) is 4.90 Å². The Morgan fingerprint density at radius 3 is 2.18 bits per heavy atom. The molecule has 0 aliphatic carbocycles. The third kappa shape index (κ3) is 3.80. The van der Waals surface area contributed by atoms with Gasteiger partial charge in [-0.3, -0.25) is 14.5 Å². The Morgan fingerprint density at radius 2 is 1.68 bits per heavy atom. The normalized spacial score (nSPS) is 18.7. The third-order valence-corrected chi connectivity index (χ3v) is 6.73. The number of sulfonamides is 1. The summed E-state index contributed by atoms with van der Waals surface area (Å²) in [5, 5.41) is 0. The minimum Gasteiger partial charge on any atom is -0.497 e. The highest BCUT2D eigenvalue weighted by Crippen LogP contribution is 2.21. The van der Waals surface area contributed by atoms with Crippen LogP contribution in [0.2, 0.25) is 0 Å². The first-order chi connectivity index (χ1) is 13.2. The van der Waals surface area contributed by atoms with Gasteiger partial charge in [-0.25, -0.2) is 13.2 Å². The molecule has 1 aromatic carbocycles. The SMILES string of the molecule is COc1ccc(S(=O)(=O)N2CCN(C(=O)CN3C(=O)CN(C)C3=O)CC2)cc1. The number of carbonyl (C=O) groups excluding carboxylic acids is 3. The molecule has 0 bridgehead atoms. The second-order valence-electron chi connectivity index (χ2n) is 6.58. The van der Waals surface area contributed by atoms with E-state index in [1.165, 1.54) is 40.4 Å². The summed E-state index contributed by atoms with van der Waals surface area (Å²) in [7, 11) is -0.674. The van der Waals surface area contributed by atoms with E-state index >= 15 is 0 Å². The Morgan fingerprint density at radius 1 is 1.07 bits per heavy atom. The summed E-state index contributed by atoms with van der Waals surface area (Å²) in [5.74, 6) is -0.230. The Hall–Kier alpha value is -2.66.